The lowest BCUT2D eigenvalue weighted by molar-refractivity contribution is -0.132. The third kappa shape index (κ3) is 4.99. The summed E-state index contributed by atoms with van der Waals surface area (Å²) in [6, 6.07) is 13.3. The molecule has 0 aliphatic carbocycles. The van der Waals surface area contributed by atoms with E-state index in [0.717, 1.165) is 21.3 Å². The van der Waals surface area contributed by atoms with E-state index in [2.05, 4.69) is 15.9 Å². The SMILES string of the molecule is COc1ccc(CN(C)C(=O)COc2ccc(Br)c(C)c2)cc1. The monoisotopic (exact) mass is 377 g/mol. The molecule has 0 N–H and O–H groups in total. The van der Waals surface area contributed by atoms with Crippen LogP contribution in [-0.4, -0.2) is 31.6 Å². The molecule has 0 saturated carbocycles. The molecule has 4 nitrogen and oxygen atoms in total. The van der Waals surface area contributed by atoms with Gasteiger partial charge in [-0.3, -0.25) is 4.79 Å². The number of amides is 1. The van der Waals surface area contributed by atoms with E-state index in [1.54, 1.807) is 19.1 Å². The van der Waals surface area contributed by atoms with Gasteiger partial charge in [-0.05, 0) is 48.4 Å². The number of halogens is 1. The predicted molar refractivity (Wildman–Crippen MR) is 93.8 cm³/mol. The molecule has 0 heterocycles. The summed E-state index contributed by atoms with van der Waals surface area (Å²) in [5, 5.41) is 0. The van der Waals surface area contributed by atoms with Crippen molar-refractivity contribution in [3.63, 3.8) is 0 Å². The molecular weight excluding hydrogens is 358 g/mol. The molecule has 0 aliphatic rings. The molecule has 0 unspecified atom stereocenters. The van der Waals surface area contributed by atoms with E-state index >= 15 is 0 Å². The van der Waals surface area contributed by atoms with Gasteiger partial charge >= 0.3 is 0 Å². The van der Waals surface area contributed by atoms with Crippen molar-refractivity contribution in [2.75, 3.05) is 20.8 Å². The Balaban J connectivity index is 1.87. The maximum absolute atomic E-state index is 12.2. The van der Waals surface area contributed by atoms with Crippen molar-refractivity contribution in [1.29, 1.82) is 0 Å². The molecule has 0 bridgehead atoms. The molecule has 5 heteroatoms. The van der Waals surface area contributed by atoms with E-state index in [4.69, 9.17) is 9.47 Å². The van der Waals surface area contributed by atoms with Crippen LogP contribution < -0.4 is 9.47 Å². The Labute approximate surface area is 145 Å². The lowest BCUT2D eigenvalue weighted by Gasteiger charge is -2.18. The molecule has 1 amide bonds. The number of carbonyl (C=O) groups excluding carboxylic acids is 1. The van der Waals surface area contributed by atoms with Gasteiger partial charge in [0.05, 0.1) is 7.11 Å². The molecule has 0 aromatic heterocycles. The van der Waals surface area contributed by atoms with Gasteiger partial charge < -0.3 is 14.4 Å². The number of likely N-dealkylation sites (N-methyl/N-ethyl adjacent to an activating group) is 1. The third-order valence-corrected chi connectivity index (χ3v) is 4.39. The standard InChI is InChI=1S/C18H20BrNO3/c1-13-10-16(8-9-17(13)19)23-12-18(21)20(2)11-14-4-6-15(22-3)7-5-14/h4-10H,11-12H2,1-3H3. The predicted octanol–water partition coefficient (Wildman–Crippen LogP) is 3.80. The van der Waals surface area contributed by atoms with E-state index in [-0.39, 0.29) is 12.5 Å². The second-order valence-corrected chi connectivity index (χ2v) is 6.15. The second kappa shape index (κ2) is 8.02. The highest BCUT2D eigenvalue weighted by Crippen LogP contribution is 2.21. The van der Waals surface area contributed by atoms with Crippen LogP contribution in [0.2, 0.25) is 0 Å². The van der Waals surface area contributed by atoms with Crippen LogP contribution in [0.1, 0.15) is 11.1 Å². The highest BCUT2D eigenvalue weighted by Gasteiger charge is 2.10. The largest absolute Gasteiger partial charge is 0.497 e. The Morgan fingerprint density at radius 3 is 2.39 bits per heavy atom. The van der Waals surface area contributed by atoms with E-state index < -0.39 is 0 Å². The summed E-state index contributed by atoms with van der Waals surface area (Å²) >= 11 is 3.44. The van der Waals surface area contributed by atoms with Crippen LogP contribution in [-0.2, 0) is 11.3 Å². The topological polar surface area (TPSA) is 38.8 Å². The van der Waals surface area contributed by atoms with Gasteiger partial charge in [0.25, 0.3) is 5.91 Å². The minimum Gasteiger partial charge on any atom is -0.497 e. The smallest absolute Gasteiger partial charge is 0.260 e. The minimum atomic E-state index is -0.0682. The zero-order valence-corrected chi connectivity index (χ0v) is 15.1. The lowest BCUT2D eigenvalue weighted by Crippen LogP contribution is -2.30. The van der Waals surface area contributed by atoms with Crippen LogP contribution in [0.3, 0.4) is 0 Å². The first kappa shape index (κ1) is 17.3. The van der Waals surface area contributed by atoms with Crippen molar-refractivity contribution >= 4 is 21.8 Å². The van der Waals surface area contributed by atoms with Crippen molar-refractivity contribution in [3.8, 4) is 11.5 Å². The first-order valence-electron chi connectivity index (χ1n) is 7.25. The Hall–Kier alpha value is -2.01. The zero-order valence-electron chi connectivity index (χ0n) is 13.5. The first-order chi connectivity index (χ1) is 11.0. The number of aryl methyl sites for hydroxylation is 1. The average molecular weight is 378 g/mol. The summed E-state index contributed by atoms with van der Waals surface area (Å²) in [5.74, 6) is 1.43. The summed E-state index contributed by atoms with van der Waals surface area (Å²) in [5.41, 5.74) is 2.11. The number of ether oxygens (including phenoxy) is 2. The molecule has 0 spiro atoms. The van der Waals surface area contributed by atoms with Gasteiger partial charge in [-0.25, -0.2) is 0 Å². The number of carbonyl (C=O) groups is 1. The summed E-state index contributed by atoms with van der Waals surface area (Å²) in [4.78, 5) is 13.8. The summed E-state index contributed by atoms with van der Waals surface area (Å²) in [6.07, 6.45) is 0. The van der Waals surface area contributed by atoms with Crippen molar-refractivity contribution < 1.29 is 14.3 Å². The van der Waals surface area contributed by atoms with Gasteiger partial charge in [-0.15, -0.1) is 0 Å². The Kier molecular flexibility index (Phi) is 6.04. The molecule has 2 rings (SSSR count). The van der Waals surface area contributed by atoms with Gasteiger partial charge in [0, 0.05) is 18.1 Å². The second-order valence-electron chi connectivity index (χ2n) is 5.30. The molecule has 23 heavy (non-hydrogen) atoms. The number of methoxy groups -OCH3 is 1. The Morgan fingerprint density at radius 1 is 1.13 bits per heavy atom. The van der Waals surface area contributed by atoms with Crippen LogP contribution in [0, 0.1) is 6.92 Å². The van der Waals surface area contributed by atoms with E-state index in [9.17, 15) is 4.79 Å². The fourth-order valence-corrected chi connectivity index (χ4v) is 2.30. The number of nitrogens with zero attached hydrogens (tertiary/aromatic N) is 1. The molecule has 0 aliphatic heterocycles. The molecule has 0 atom stereocenters. The van der Waals surface area contributed by atoms with E-state index in [1.165, 1.54) is 0 Å². The normalized spacial score (nSPS) is 10.3. The van der Waals surface area contributed by atoms with Crippen LogP contribution in [0.4, 0.5) is 0 Å². The Morgan fingerprint density at radius 2 is 1.78 bits per heavy atom. The molecule has 0 fully saturated rings. The van der Waals surface area contributed by atoms with Crippen molar-refractivity contribution in [2.24, 2.45) is 0 Å². The number of hydrogen-bond acceptors (Lipinski definition) is 3. The molecule has 122 valence electrons. The molecule has 0 saturated heterocycles. The van der Waals surface area contributed by atoms with E-state index in [1.807, 2.05) is 49.4 Å². The summed E-state index contributed by atoms with van der Waals surface area (Å²) in [6.45, 7) is 2.54. The zero-order chi connectivity index (χ0) is 16.8. The number of rotatable bonds is 6. The van der Waals surface area contributed by atoms with Gasteiger partial charge in [0.1, 0.15) is 11.5 Å². The van der Waals surface area contributed by atoms with E-state index in [0.29, 0.717) is 12.3 Å². The minimum absolute atomic E-state index is 0.0216. The summed E-state index contributed by atoms with van der Waals surface area (Å²) in [7, 11) is 3.40. The van der Waals surface area contributed by atoms with Crippen LogP contribution in [0.25, 0.3) is 0 Å². The van der Waals surface area contributed by atoms with Crippen molar-refractivity contribution in [3.05, 3.63) is 58.1 Å². The van der Waals surface area contributed by atoms with Crippen molar-refractivity contribution in [2.45, 2.75) is 13.5 Å². The Bertz CT molecular complexity index is 670. The van der Waals surface area contributed by atoms with Gasteiger partial charge in [-0.1, -0.05) is 28.1 Å². The first-order valence-corrected chi connectivity index (χ1v) is 8.04. The third-order valence-electron chi connectivity index (χ3n) is 3.50. The fourth-order valence-electron chi connectivity index (χ4n) is 2.06. The molecule has 0 radical (unpaired) electrons. The van der Waals surface area contributed by atoms with Gasteiger partial charge in [0.2, 0.25) is 0 Å². The quantitative estimate of drug-likeness (QED) is 0.768. The highest BCUT2D eigenvalue weighted by molar-refractivity contribution is 9.10. The van der Waals surface area contributed by atoms with Gasteiger partial charge in [0.15, 0.2) is 6.61 Å². The number of hydrogen-bond donors (Lipinski definition) is 0. The maximum atomic E-state index is 12.2. The summed E-state index contributed by atoms with van der Waals surface area (Å²) < 4.78 is 11.7. The molecule has 2 aromatic carbocycles. The van der Waals surface area contributed by atoms with Crippen LogP contribution in [0.5, 0.6) is 11.5 Å². The average Bonchev–Trinajstić information content (AvgIpc) is 2.56. The molecular formula is C18H20BrNO3. The van der Waals surface area contributed by atoms with Crippen LogP contribution in [0.15, 0.2) is 46.9 Å². The van der Waals surface area contributed by atoms with Crippen molar-refractivity contribution in [1.82, 2.24) is 4.90 Å². The number of benzene rings is 2. The van der Waals surface area contributed by atoms with Gasteiger partial charge in [-0.2, -0.15) is 0 Å². The molecule has 2 aromatic rings. The van der Waals surface area contributed by atoms with Crippen LogP contribution >= 0.6 is 15.9 Å². The lowest BCUT2D eigenvalue weighted by atomic mass is 10.2. The maximum Gasteiger partial charge on any atom is 0.260 e. The highest BCUT2D eigenvalue weighted by atomic mass is 79.9. The fraction of sp³-hybridized carbons (Fsp3) is 0.278.